The first-order chi connectivity index (χ1) is 9.81. The minimum atomic E-state index is -3.55. The highest BCUT2D eigenvalue weighted by molar-refractivity contribution is 7.91. The largest absolute Gasteiger partial charge is 0.346 e. The molecule has 0 fully saturated rings. The van der Waals surface area contributed by atoms with Crippen LogP contribution >= 0.6 is 11.6 Å². The average molecular weight is 335 g/mol. The molecule has 0 unspecified atom stereocenters. The minimum absolute atomic E-state index is 0.0301. The Kier molecular flexibility index (Phi) is 6.35. The van der Waals surface area contributed by atoms with Crippen molar-refractivity contribution in [2.75, 3.05) is 18.8 Å². The van der Waals surface area contributed by atoms with Gasteiger partial charge in [-0.05, 0) is 13.3 Å². The molecule has 21 heavy (non-hydrogen) atoms. The van der Waals surface area contributed by atoms with Gasteiger partial charge in [0.1, 0.15) is 6.33 Å². The van der Waals surface area contributed by atoms with E-state index in [0.717, 1.165) is 17.4 Å². The zero-order valence-electron chi connectivity index (χ0n) is 12.1. The van der Waals surface area contributed by atoms with Crippen molar-refractivity contribution in [3.05, 3.63) is 17.9 Å². The number of sulfone groups is 1. The van der Waals surface area contributed by atoms with Crippen LogP contribution in [0.25, 0.3) is 0 Å². The molecule has 0 aliphatic rings. The van der Waals surface area contributed by atoms with E-state index in [0.29, 0.717) is 18.0 Å². The van der Waals surface area contributed by atoms with E-state index in [1.54, 1.807) is 6.92 Å². The Balaban J connectivity index is 2.92. The van der Waals surface area contributed by atoms with E-state index in [1.807, 2.05) is 6.92 Å². The average Bonchev–Trinajstić information content (AvgIpc) is 2.92. The van der Waals surface area contributed by atoms with Gasteiger partial charge in [0, 0.05) is 11.6 Å². The summed E-state index contributed by atoms with van der Waals surface area (Å²) >= 11 is 5.69. The second-order valence-corrected chi connectivity index (χ2v) is 7.00. The van der Waals surface area contributed by atoms with Gasteiger partial charge in [0.2, 0.25) is 9.84 Å². The van der Waals surface area contributed by atoms with Gasteiger partial charge < -0.3 is 4.90 Å². The topological polar surface area (TPSA) is 85.2 Å². The summed E-state index contributed by atoms with van der Waals surface area (Å²) in [6, 6.07) is -0.497. The molecule has 0 aromatic carbocycles. The molecule has 1 aromatic rings. The van der Waals surface area contributed by atoms with Crippen LogP contribution in [0.5, 0.6) is 0 Å². The Morgan fingerprint density at radius 3 is 2.67 bits per heavy atom. The summed E-state index contributed by atoms with van der Waals surface area (Å²) in [7, 11) is -3.55. The molecule has 0 saturated carbocycles. The Morgan fingerprint density at radius 1 is 1.48 bits per heavy atom. The van der Waals surface area contributed by atoms with Crippen LogP contribution in [0.15, 0.2) is 23.1 Å². The van der Waals surface area contributed by atoms with Crippen molar-refractivity contribution in [3.8, 4) is 0 Å². The number of amides is 1. The standard InChI is InChI=1S/C12H19ClN4O3S/c1-4-6-7-21(19,20)11-14-9-17(15-11)12(18)16(5-2)8-10(3)13/h9H,3-8H2,1-2H3. The van der Waals surface area contributed by atoms with Gasteiger partial charge in [-0.2, -0.15) is 4.68 Å². The zero-order valence-corrected chi connectivity index (χ0v) is 13.7. The van der Waals surface area contributed by atoms with Gasteiger partial charge in [-0.3, -0.25) is 0 Å². The number of likely N-dealkylation sites (N-methyl/N-ethyl adjacent to an activating group) is 1. The smallest absolute Gasteiger partial charge is 0.318 e. The summed E-state index contributed by atoms with van der Waals surface area (Å²) < 4.78 is 24.8. The fourth-order valence-electron chi connectivity index (χ4n) is 1.57. The molecule has 118 valence electrons. The summed E-state index contributed by atoms with van der Waals surface area (Å²) in [6.45, 7) is 7.74. The summed E-state index contributed by atoms with van der Waals surface area (Å²) in [5, 5.41) is 3.74. The number of aromatic nitrogens is 3. The highest BCUT2D eigenvalue weighted by Gasteiger charge is 2.22. The number of carbonyl (C=O) groups excluding carboxylic acids is 1. The molecule has 9 heteroatoms. The van der Waals surface area contributed by atoms with Crippen molar-refractivity contribution in [2.45, 2.75) is 31.8 Å². The van der Waals surface area contributed by atoms with Crippen LogP contribution in [0.3, 0.4) is 0 Å². The Hall–Kier alpha value is -1.41. The number of nitrogens with zero attached hydrogens (tertiary/aromatic N) is 4. The predicted molar refractivity (Wildman–Crippen MR) is 80.0 cm³/mol. The first kappa shape index (κ1) is 17.6. The summed E-state index contributed by atoms with van der Waals surface area (Å²) in [5.41, 5.74) is 0. The predicted octanol–water partition coefficient (Wildman–Crippen LogP) is 1.89. The highest BCUT2D eigenvalue weighted by Crippen LogP contribution is 2.08. The van der Waals surface area contributed by atoms with E-state index in [4.69, 9.17) is 11.6 Å². The lowest BCUT2D eigenvalue weighted by Gasteiger charge is -2.18. The fraction of sp³-hybridized carbons (Fsp3) is 0.583. The number of carbonyl (C=O) groups is 1. The molecule has 0 spiro atoms. The number of halogens is 1. The normalized spacial score (nSPS) is 11.4. The second kappa shape index (κ2) is 7.56. The lowest BCUT2D eigenvalue weighted by molar-refractivity contribution is 0.203. The van der Waals surface area contributed by atoms with Crippen molar-refractivity contribution in [3.63, 3.8) is 0 Å². The van der Waals surface area contributed by atoms with Crippen LogP contribution in [-0.4, -0.2) is 53.0 Å². The molecule has 0 atom stereocenters. The fourth-order valence-corrected chi connectivity index (χ4v) is 2.99. The van der Waals surface area contributed by atoms with E-state index >= 15 is 0 Å². The highest BCUT2D eigenvalue weighted by atomic mass is 35.5. The van der Waals surface area contributed by atoms with Crippen LogP contribution in [-0.2, 0) is 9.84 Å². The van der Waals surface area contributed by atoms with Crippen LogP contribution in [0.4, 0.5) is 4.79 Å². The van der Waals surface area contributed by atoms with Gasteiger partial charge in [0.15, 0.2) is 0 Å². The molecule has 1 aromatic heterocycles. The summed E-state index contributed by atoms with van der Waals surface area (Å²) in [6.07, 6.45) is 2.37. The van der Waals surface area contributed by atoms with Gasteiger partial charge in [0.05, 0.1) is 12.3 Å². The van der Waals surface area contributed by atoms with Crippen molar-refractivity contribution in [1.82, 2.24) is 19.7 Å². The molecular weight excluding hydrogens is 316 g/mol. The van der Waals surface area contributed by atoms with Crippen LogP contribution in [0.2, 0.25) is 0 Å². The first-order valence-corrected chi connectivity index (χ1v) is 8.61. The van der Waals surface area contributed by atoms with E-state index < -0.39 is 15.9 Å². The number of unbranched alkanes of at least 4 members (excludes halogenated alkanes) is 1. The molecule has 0 aliphatic carbocycles. The van der Waals surface area contributed by atoms with Crippen molar-refractivity contribution < 1.29 is 13.2 Å². The van der Waals surface area contributed by atoms with Crippen molar-refractivity contribution >= 4 is 27.5 Å². The minimum Gasteiger partial charge on any atom is -0.318 e. The third-order valence-corrected chi connectivity index (χ3v) is 4.42. The third kappa shape index (κ3) is 4.82. The van der Waals surface area contributed by atoms with Gasteiger partial charge >= 0.3 is 6.03 Å². The molecule has 0 radical (unpaired) electrons. The number of hydrogen-bond acceptors (Lipinski definition) is 5. The lowest BCUT2D eigenvalue weighted by atomic mass is 10.4. The van der Waals surface area contributed by atoms with E-state index in [2.05, 4.69) is 16.7 Å². The Morgan fingerprint density at radius 2 is 2.14 bits per heavy atom. The second-order valence-electron chi connectivity index (χ2n) is 4.46. The SMILES string of the molecule is C=C(Cl)CN(CC)C(=O)n1cnc(S(=O)(=O)CCCC)n1. The zero-order chi connectivity index (χ0) is 16.0. The summed E-state index contributed by atoms with van der Waals surface area (Å²) in [5.74, 6) is -0.0301. The molecule has 7 nitrogen and oxygen atoms in total. The van der Waals surface area contributed by atoms with E-state index in [-0.39, 0.29) is 17.5 Å². The van der Waals surface area contributed by atoms with Gasteiger partial charge in [-0.1, -0.05) is 31.5 Å². The van der Waals surface area contributed by atoms with Crippen molar-refractivity contribution in [2.24, 2.45) is 0 Å². The lowest BCUT2D eigenvalue weighted by Crippen LogP contribution is -2.35. The maximum Gasteiger partial charge on any atom is 0.346 e. The molecular formula is C12H19ClN4O3S. The number of hydrogen-bond donors (Lipinski definition) is 0. The van der Waals surface area contributed by atoms with Gasteiger partial charge in [0.25, 0.3) is 5.16 Å². The third-order valence-electron chi connectivity index (χ3n) is 2.73. The van der Waals surface area contributed by atoms with E-state index in [1.165, 1.54) is 4.90 Å². The van der Waals surface area contributed by atoms with Crippen molar-refractivity contribution in [1.29, 1.82) is 0 Å². The van der Waals surface area contributed by atoms with Crippen LogP contribution in [0, 0.1) is 0 Å². The van der Waals surface area contributed by atoms with E-state index in [9.17, 15) is 13.2 Å². The molecule has 0 N–H and O–H groups in total. The molecule has 1 heterocycles. The number of rotatable bonds is 7. The van der Waals surface area contributed by atoms with Gasteiger partial charge in [-0.25, -0.2) is 18.2 Å². The molecule has 0 saturated heterocycles. The first-order valence-electron chi connectivity index (χ1n) is 6.58. The van der Waals surface area contributed by atoms with Crippen LogP contribution < -0.4 is 0 Å². The Bertz CT molecular complexity index is 612. The Labute approximate surface area is 129 Å². The van der Waals surface area contributed by atoms with Gasteiger partial charge in [-0.15, -0.1) is 5.10 Å². The maximum atomic E-state index is 12.2. The quantitative estimate of drug-likeness (QED) is 0.760. The summed E-state index contributed by atoms with van der Waals surface area (Å²) in [4.78, 5) is 17.3. The molecule has 0 bridgehead atoms. The maximum absolute atomic E-state index is 12.2. The molecule has 1 amide bonds. The monoisotopic (exact) mass is 334 g/mol. The molecule has 1 rings (SSSR count). The molecule has 0 aliphatic heterocycles. The van der Waals surface area contributed by atoms with Crippen LogP contribution in [0.1, 0.15) is 26.7 Å².